The Bertz CT molecular complexity index is 1480. The maximum absolute atomic E-state index is 13.5. The molecule has 0 unspecified atom stereocenters. The number of H-pyrrole nitrogens is 1. The first-order valence-electron chi connectivity index (χ1n) is 13.5. The number of nitrogens with zero attached hydrogens (tertiary/aromatic N) is 2. The molecular formula is C31H30N4O4. The molecule has 2 heterocycles. The minimum Gasteiger partial charge on any atom is -0.449 e. The predicted octanol–water partition coefficient (Wildman–Crippen LogP) is 5.05. The molecule has 1 aliphatic carbocycles. The molecule has 2 atom stereocenters. The summed E-state index contributed by atoms with van der Waals surface area (Å²) in [4.78, 5) is 48.7. The van der Waals surface area contributed by atoms with Crippen LogP contribution in [0.5, 0.6) is 0 Å². The second-order valence-electron chi connectivity index (χ2n) is 10.1. The van der Waals surface area contributed by atoms with E-state index in [1.165, 1.54) is 0 Å². The monoisotopic (exact) mass is 522 g/mol. The van der Waals surface area contributed by atoms with Crippen LogP contribution in [0, 0.1) is 0 Å². The number of carbonyl (C=O) groups excluding carboxylic acids is 3. The summed E-state index contributed by atoms with van der Waals surface area (Å²) in [5, 5.41) is 2.75. The Hall–Kier alpha value is -4.46. The van der Waals surface area contributed by atoms with Gasteiger partial charge in [-0.25, -0.2) is 9.78 Å². The molecule has 4 aromatic rings. The van der Waals surface area contributed by atoms with Gasteiger partial charge in [0.05, 0.1) is 17.1 Å². The molecule has 8 nitrogen and oxygen atoms in total. The number of fused-ring (bicyclic) bond motifs is 4. The fourth-order valence-corrected chi connectivity index (χ4v) is 5.85. The van der Waals surface area contributed by atoms with E-state index in [1.54, 1.807) is 4.90 Å². The maximum Gasteiger partial charge on any atom is 0.407 e. The van der Waals surface area contributed by atoms with Crippen molar-refractivity contribution in [3.8, 4) is 11.1 Å². The standard InChI is InChI=1S/C31H30N4O4/c1-2-24(30(37)35-17-9-16-27(35)28(36)29-32-25-14-7-8-15-26(25)33-29)34-31(38)39-18-23-21-12-5-3-10-19(21)20-11-4-6-13-22(20)23/h3-8,10-15,23-24,27H,2,9,16-18H2,1H3,(H,32,33)(H,34,38)/t24-,27-/m0/s1. The molecule has 1 aromatic heterocycles. The molecule has 0 bridgehead atoms. The van der Waals surface area contributed by atoms with Crippen molar-refractivity contribution in [1.29, 1.82) is 0 Å². The van der Waals surface area contributed by atoms with Gasteiger partial charge in [0.2, 0.25) is 11.7 Å². The quantitative estimate of drug-likeness (QED) is 0.331. The molecule has 0 saturated carbocycles. The number of alkyl carbamates (subject to hydrolysis) is 1. The van der Waals surface area contributed by atoms with Gasteiger partial charge in [0, 0.05) is 12.5 Å². The Morgan fingerprint density at radius 3 is 2.36 bits per heavy atom. The average molecular weight is 523 g/mol. The fraction of sp³-hybridized carbons (Fsp3) is 0.290. The van der Waals surface area contributed by atoms with Crippen molar-refractivity contribution in [2.45, 2.75) is 44.2 Å². The molecule has 1 fully saturated rings. The minimum absolute atomic E-state index is 0.0664. The molecule has 3 aromatic carbocycles. The van der Waals surface area contributed by atoms with Crippen molar-refractivity contribution >= 4 is 28.8 Å². The number of hydrogen-bond donors (Lipinski definition) is 2. The number of para-hydroxylation sites is 2. The number of aromatic amines is 1. The van der Waals surface area contributed by atoms with Crippen LogP contribution in [-0.4, -0.2) is 57.9 Å². The molecule has 39 heavy (non-hydrogen) atoms. The minimum atomic E-state index is -0.787. The summed E-state index contributed by atoms with van der Waals surface area (Å²) in [7, 11) is 0. The Balaban J connectivity index is 1.11. The van der Waals surface area contributed by atoms with E-state index in [9.17, 15) is 14.4 Å². The Morgan fingerprint density at radius 2 is 1.67 bits per heavy atom. The zero-order chi connectivity index (χ0) is 26.9. The molecule has 2 amide bonds. The predicted molar refractivity (Wildman–Crippen MR) is 147 cm³/mol. The van der Waals surface area contributed by atoms with E-state index in [0.717, 1.165) is 27.8 Å². The number of aromatic nitrogens is 2. The smallest absolute Gasteiger partial charge is 0.407 e. The van der Waals surface area contributed by atoms with E-state index < -0.39 is 18.2 Å². The lowest BCUT2D eigenvalue weighted by molar-refractivity contribution is -0.133. The lowest BCUT2D eigenvalue weighted by Gasteiger charge is -2.27. The van der Waals surface area contributed by atoms with Crippen LogP contribution in [0.3, 0.4) is 0 Å². The van der Waals surface area contributed by atoms with E-state index in [-0.39, 0.29) is 30.0 Å². The summed E-state index contributed by atoms with van der Waals surface area (Å²) in [5.41, 5.74) is 6.04. The number of nitrogens with one attached hydrogen (secondary N) is 2. The number of likely N-dealkylation sites (tertiary alicyclic amines) is 1. The lowest BCUT2D eigenvalue weighted by atomic mass is 9.98. The van der Waals surface area contributed by atoms with E-state index in [1.807, 2.05) is 55.5 Å². The van der Waals surface area contributed by atoms with Gasteiger partial charge in [0.1, 0.15) is 12.6 Å². The molecule has 0 radical (unpaired) electrons. The number of hydrogen-bond acceptors (Lipinski definition) is 5. The summed E-state index contributed by atoms with van der Waals surface area (Å²) >= 11 is 0. The van der Waals surface area contributed by atoms with Gasteiger partial charge in [-0.2, -0.15) is 0 Å². The zero-order valence-electron chi connectivity index (χ0n) is 21.7. The van der Waals surface area contributed by atoms with Crippen LogP contribution < -0.4 is 5.32 Å². The van der Waals surface area contributed by atoms with Crippen LogP contribution in [0.1, 0.15) is 53.8 Å². The average Bonchev–Trinajstić information content (AvgIpc) is 3.70. The first-order valence-corrected chi connectivity index (χ1v) is 13.5. The highest BCUT2D eigenvalue weighted by Gasteiger charge is 2.39. The van der Waals surface area contributed by atoms with Crippen LogP contribution in [-0.2, 0) is 9.53 Å². The third kappa shape index (κ3) is 4.56. The third-order valence-electron chi connectivity index (χ3n) is 7.80. The van der Waals surface area contributed by atoms with E-state index >= 15 is 0 Å². The highest BCUT2D eigenvalue weighted by Crippen LogP contribution is 2.44. The number of ether oxygens (including phenoxy) is 1. The van der Waals surface area contributed by atoms with Gasteiger partial charge in [-0.15, -0.1) is 0 Å². The van der Waals surface area contributed by atoms with Gasteiger partial charge in [-0.3, -0.25) is 9.59 Å². The largest absolute Gasteiger partial charge is 0.449 e. The normalized spacial score (nSPS) is 17.1. The molecule has 1 saturated heterocycles. The number of carbonyl (C=O) groups is 3. The molecular weight excluding hydrogens is 492 g/mol. The van der Waals surface area contributed by atoms with Crippen LogP contribution in [0.25, 0.3) is 22.2 Å². The topological polar surface area (TPSA) is 104 Å². The van der Waals surface area contributed by atoms with Crippen LogP contribution >= 0.6 is 0 Å². The van der Waals surface area contributed by atoms with Gasteiger partial charge in [-0.05, 0) is 53.6 Å². The number of ketones is 1. The molecule has 2 aliphatic rings. The van der Waals surface area contributed by atoms with Crippen molar-refractivity contribution < 1.29 is 19.1 Å². The molecule has 6 rings (SSSR count). The second-order valence-corrected chi connectivity index (χ2v) is 10.1. The summed E-state index contributed by atoms with van der Waals surface area (Å²) < 4.78 is 5.66. The van der Waals surface area contributed by atoms with Crippen molar-refractivity contribution in [1.82, 2.24) is 20.2 Å². The highest BCUT2D eigenvalue weighted by atomic mass is 16.5. The van der Waals surface area contributed by atoms with Crippen molar-refractivity contribution in [2.24, 2.45) is 0 Å². The van der Waals surface area contributed by atoms with E-state index in [4.69, 9.17) is 4.74 Å². The molecule has 2 N–H and O–H groups in total. The van der Waals surface area contributed by atoms with Gasteiger partial charge in [-0.1, -0.05) is 67.6 Å². The Labute approximate surface area is 226 Å². The zero-order valence-corrected chi connectivity index (χ0v) is 21.7. The summed E-state index contributed by atoms with van der Waals surface area (Å²) in [6.07, 6.45) is 1.01. The molecule has 198 valence electrons. The number of imidazole rings is 1. The van der Waals surface area contributed by atoms with Gasteiger partial charge >= 0.3 is 6.09 Å². The number of rotatable bonds is 7. The van der Waals surface area contributed by atoms with Crippen molar-refractivity contribution in [2.75, 3.05) is 13.2 Å². The van der Waals surface area contributed by atoms with Gasteiger partial charge in [0.15, 0.2) is 5.82 Å². The first-order chi connectivity index (χ1) is 19.0. The SMILES string of the molecule is CC[C@H](NC(=O)OCC1c2ccccc2-c2ccccc21)C(=O)N1CCC[C@H]1C(=O)c1nc2ccccc2[nH]1. The van der Waals surface area contributed by atoms with Crippen molar-refractivity contribution in [3.05, 3.63) is 89.7 Å². The van der Waals surface area contributed by atoms with Crippen LogP contribution in [0.15, 0.2) is 72.8 Å². The van der Waals surface area contributed by atoms with E-state index in [0.29, 0.717) is 31.3 Å². The van der Waals surface area contributed by atoms with Crippen molar-refractivity contribution in [3.63, 3.8) is 0 Å². The maximum atomic E-state index is 13.5. The third-order valence-corrected chi connectivity index (χ3v) is 7.80. The summed E-state index contributed by atoms with van der Waals surface area (Å²) in [6, 6.07) is 22.3. The fourth-order valence-electron chi connectivity index (χ4n) is 5.85. The first kappa shape index (κ1) is 24.9. The molecule has 8 heteroatoms. The molecule has 1 aliphatic heterocycles. The van der Waals surface area contributed by atoms with Gasteiger partial charge < -0.3 is 19.9 Å². The number of amides is 2. The Kier molecular flexibility index (Phi) is 6.60. The van der Waals surface area contributed by atoms with E-state index in [2.05, 4.69) is 39.6 Å². The van der Waals surface area contributed by atoms with Gasteiger partial charge in [0.25, 0.3) is 0 Å². The highest BCUT2D eigenvalue weighted by molar-refractivity contribution is 6.02. The van der Waals surface area contributed by atoms with Crippen LogP contribution in [0.2, 0.25) is 0 Å². The number of Topliss-reactive ketones (excluding diaryl/α,β-unsaturated/α-hetero) is 1. The molecule has 0 spiro atoms. The summed E-state index contributed by atoms with van der Waals surface area (Å²) in [6.45, 7) is 2.46. The Morgan fingerprint density at radius 1 is 1.00 bits per heavy atom. The second kappa shape index (κ2) is 10.4. The number of benzene rings is 3. The lowest BCUT2D eigenvalue weighted by Crippen LogP contribution is -2.51. The van der Waals surface area contributed by atoms with Crippen LogP contribution in [0.4, 0.5) is 4.79 Å². The summed E-state index contributed by atoms with van der Waals surface area (Å²) in [5.74, 6) is -0.312.